The summed E-state index contributed by atoms with van der Waals surface area (Å²) in [6, 6.07) is 2.82. The Kier molecular flexibility index (Phi) is 3.34. The first-order chi connectivity index (χ1) is 6.72. The third-order valence-corrected chi connectivity index (χ3v) is 1.82. The first-order valence-corrected chi connectivity index (χ1v) is 4.30. The second kappa shape index (κ2) is 4.50. The molecule has 1 aromatic rings. The van der Waals surface area contributed by atoms with Crippen LogP contribution >= 0.6 is 0 Å². The molecule has 0 bridgehead atoms. The highest BCUT2D eigenvalue weighted by Crippen LogP contribution is 2.28. The number of anilines is 1. The molecule has 0 atom stereocenters. The van der Waals surface area contributed by atoms with Crippen LogP contribution in [0.15, 0.2) is 23.8 Å². The minimum absolute atomic E-state index is 0.358. The molecule has 14 heavy (non-hydrogen) atoms. The summed E-state index contributed by atoms with van der Waals surface area (Å²) < 4.78 is 13.3. The number of nitrogens with zero attached hydrogens (tertiary/aromatic N) is 1. The molecule has 0 saturated carbocycles. The van der Waals surface area contributed by atoms with Gasteiger partial charge in [-0.3, -0.25) is 0 Å². The molecule has 4 heteroatoms. The van der Waals surface area contributed by atoms with Gasteiger partial charge < -0.3 is 5.32 Å². The summed E-state index contributed by atoms with van der Waals surface area (Å²) in [4.78, 5) is 0. The monoisotopic (exact) mass is 193 g/mol. The van der Waals surface area contributed by atoms with Crippen LogP contribution < -0.4 is 5.32 Å². The van der Waals surface area contributed by atoms with Gasteiger partial charge in [0.05, 0.1) is 5.69 Å². The predicted molar refractivity (Wildman–Crippen MR) is 55.5 cm³/mol. The van der Waals surface area contributed by atoms with Crippen molar-refractivity contribution in [3.63, 3.8) is 0 Å². The van der Waals surface area contributed by atoms with Crippen LogP contribution in [0.2, 0.25) is 0 Å². The van der Waals surface area contributed by atoms with Crippen molar-refractivity contribution in [2.24, 2.45) is 5.11 Å². The second-order valence-electron chi connectivity index (χ2n) is 2.74. The van der Waals surface area contributed by atoms with Gasteiger partial charge in [-0.1, -0.05) is 12.7 Å². The Balaban J connectivity index is 3.23. The Morgan fingerprint density at radius 1 is 1.64 bits per heavy atom. The number of halogens is 1. The summed E-state index contributed by atoms with van der Waals surface area (Å²) in [7, 11) is 0. The zero-order chi connectivity index (χ0) is 10.6. The van der Waals surface area contributed by atoms with Gasteiger partial charge in [-0.25, -0.2) is 9.92 Å². The van der Waals surface area contributed by atoms with Crippen molar-refractivity contribution in [2.45, 2.75) is 6.92 Å². The Morgan fingerprint density at radius 2 is 2.36 bits per heavy atom. The number of rotatable bonds is 4. The summed E-state index contributed by atoms with van der Waals surface area (Å²) in [5.41, 5.74) is 8.24. The molecule has 0 amide bonds. The van der Waals surface area contributed by atoms with E-state index in [-0.39, 0.29) is 5.82 Å². The lowest BCUT2D eigenvalue weighted by atomic mass is 10.1. The van der Waals surface area contributed by atoms with Crippen LogP contribution in [0.5, 0.6) is 0 Å². The topological polar surface area (TPSA) is 48.2 Å². The van der Waals surface area contributed by atoms with Crippen LogP contribution in [0, 0.1) is 11.3 Å². The van der Waals surface area contributed by atoms with Crippen molar-refractivity contribution in [1.82, 2.24) is 0 Å². The largest absolute Gasteiger partial charge is 0.383 e. The van der Waals surface area contributed by atoms with Gasteiger partial charge in [-0.2, -0.15) is 5.11 Å². The highest BCUT2D eigenvalue weighted by atomic mass is 19.1. The summed E-state index contributed by atoms with van der Waals surface area (Å²) in [5.74, 6) is -0.358. The fourth-order valence-corrected chi connectivity index (χ4v) is 1.16. The van der Waals surface area contributed by atoms with Crippen LogP contribution in [-0.2, 0) is 0 Å². The molecule has 2 N–H and O–H groups in total. The number of hydrogen-bond donors (Lipinski definition) is 2. The quantitative estimate of drug-likeness (QED) is 0.705. The van der Waals surface area contributed by atoms with Gasteiger partial charge >= 0.3 is 0 Å². The molecule has 3 nitrogen and oxygen atoms in total. The zero-order valence-corrected chi connectivity index (χ0v) is 7.97. The molecule has 1 rings (SSSR count). The molecule has 0 aliphatic carbocycles. The highest BCUT2D eigenvalue weighted by molar-refractivity contribution is 5.69. The average Bonchev–Trinajstić information content (AvgIpc) is 2.19. The third-order valence-electron chi connectivity index (χ3n) is 1.82. The Morgan fingerprint density at radius 3 is 2.86 bits per heavy atom. The lowest BCUT2D eigenvalue weighted by Gasteiger charge is -2.07. The molecule has 0 saturated heterocycles. The van der Waals surface area contributed by atoms with E-state index >= 15 is 0 Å². The van der Waals surface area contributed by atoms with Crippen LogP contribution in [0.1, 0.15) is 12.5 Å². The third kappa shape index (κ3) is 1.96. The minimum atomic E-state index is -0.358. The van der Waals surface area contributed by atoms with E-state index in [9.17, 15) is 4.39 Å². The maximum Gasteiger partial charge on any atom is 0.132 e. The molecule has 0 aliphatic rings. The van der Waals surface area contributed by atoms with E-state index in [0.717, 1.165) is 0 Å². The smallest absolute Gasteiger partial charge is 0.132 e. The van der Waals surface area contributed by atoms with Gasteiger partial charge in [0.15, 0.2) is 0 Å². The predicted octanol–water partition coefficient (Wildman–Crippen LogP) is 3.56. The van der Waals surface area contributed by atoms with Crippen LogP contribution in [0.3, 0.4) is 0 Å². The van der Waals surface area contributed by atoms with Crippen molar-refractivity contribution in [3.8, 4) is 0 Å². The summed E-state index contributed by atoms with van der Waals surface area (Å²) in [6.07, 6.45) is 1.40. The molecule has 0 fully saturated rings. The first-order valence-electron chi connectivity index (χ1n) is 4.30. The Bertz CT molecular complexity index is 361. The molecule has 0 unspecified atom stereocenters. The molecule has 1 aromatic carbocycles. The SMILES string of the molecule is C=Cc1cc(N=N)c(NCC)cc1F. The van der Waals surface area contributed by atoms with Crippen molar-refractivity contribution < 1.29 is 4.39 Å². The summed E-state index contributed by atoms with van der Waals surface area (Å²) in [5, 5.41) is 6.24. The van der Waals surface area contributed by atoms with E-state index in [0.29, 0.717) is 23.5 Å². The van der Waals surface area contributed by atoms with Crippen LogP contribution in [0.25, 0.3) is 6.08 Å². The fraction of sp³-hybridized carbons (Fsp3) is 0.200. The van der Waals surface area contributed by atoms with Crippen molar-refractivity contribution in [1.29, 1.82) is 5.53 Å². The fourth-order valence-electron chi connectivity index (χ4n) is 1.16. The normalized spacial score (nSPS) is 9.57. The van der Waals surface area contributed by atoms with Gasteiger partial charge in [0, 0.05) is 12.1 Å². The molecule has 0 spiro atoms. The van der Waals surface area contributed by atoms with E-state index in [1.54, 1.807) is 0 Å². The highest BCUT2D eigenvalue weighted by Gasteiger charge is 2.06. The number of benzene rings is 1. The lowest BCUT2D eigenvalue weighted by molar-refractivity contribution is 0.625. The average molecular weight is 193 g/mol. The number of nitrogens with one attached hydrogen (secondary N) is 2. The van der Waals surface area contributed by atoms with E-state index in [1.807, 2.05) is 6.92 Å². The summed E-state index contributed by atoms with van der Waals surface area (Å²) >= 11 is 0. The van der Waals surface area contributed by atoms with Crippen molar-refractivity contribution in [2.75, 3.05) is 11.9 Å². The molecule has 0 radical (unpaired) electrons. The van der Waals surface area contributed by atoms with Gasteiger partial charge in [-0.05, 0) is 19.1 Å². The second-order valence-corrected chi connectivity index (χ2v) is 2.74. The van der Waals surface area contributed by atoms with Crippen molar-refractivity contribution >= 4 is 17.5 Å². The molecular formula is C10H12FN3. The van der Waals surface area contributed by atoms with E-state index in [1.165, 1.54) is 18.2 Å². The summed E-state index contributed by atoms with van der Waals surface area (Å²) in [6.45, 7) is 6.04. The Hall–Kier alpha value is -1.71. The van der Waals surface area contributed by atoms with Crippen LogP contribution in [0.4, 0.5) is 15.8 Å². The molecule has 0 aromatic heterocycles. The molecule has 0 aliphatic heterocycles. The zero-order valence-electron chi connectivity index (χ0n) is 7.97. The maximum absolute atomic E-state index is 13.3. The molecule has 74 valence electrons. The molecule has 0 heterocycles. The van der Waals surface area contributed by atoms with Crippen LogP contribution in [-0.4, -0.2) is 6.54 Å². The van der Waals surface area contributed by atoms with E-state index < -0.39 is 0 Å². The van der Waals surface area contributed by atoms with E-state index in [2.05, 4.69) is 17.0 Å². The first kappa shape index (κ1) is 10.4. The van der Waals surface area contributed by atoms with Crippen molar-refractivity contribution in [3.05, 3.63) is 30.1 Å². The Labute approximate surface area is 82.2 Å². The lowest BCUT2D eigenvalue weighted by Crippen LogP contribution is -1.98. The van der Waals surface area contributed by atoms with Gasteiger partial charge in [0.1, 0.15) is 11.5 Å². The van der Waals surface area contributed by atoms with Gasteiger partial charge in [0.25, 0.3) is 0 Å². The van der Waals surface area contributed by atoms with Gasteiger partial charge in [0.2, 0.25) is 0 Å². The standard InChI is InChI=1S/C10H12FN3/c1-3-7-5-10(14-12)9(13-4-2)6-8(7)11/h3,5-6,12-13H,1,4H2,2H3. The minimum Gasteiger partial charge on any atom is -0.383 e. The van der Waals surface area contributed by atoms with E-state index in [4.69, 9.17) is 5.53 Å². The molecular weight excluding hydrogens is 181 g/mol. The number of hydrogen-bond acceptors (Lipinski definition) is 3. The van der Waals surface area contributed by atoms with Gasteiger partial charge in [-0.15, -0.1) is 0 Å². The maximum atomic E-state index is 13.3.